The molecule has 2 aromatic carbocycles. The van der Waals surface area contributed by atoms with Crippen LogP contribution in [0.3, 0.4) is 0 Å². The Morgan fingerprint density at radius 3 is 2.12 bits per heavy atom. The van der Waals surface area contributed by atoms with Gasteiger partial charge in [0.1, 0.15) is 16.8 Å². The highest BCUT2D eigenvalue weighted by molar-refractivity contribution is 7.90. The molecule has 174 valence electrons. The Morgan fingerprint density at radius 2 is 1.59 bits per heavy atom. The number of rotatable bonds is 9. The van der Waals surface area contributed by atoms with Crippen LogP contribution >= 0.6 is 0 Å². The van der Waals surface area contributed by atoms with Gasteiger partial charge in [-0.05, 0) is 42.3 Å². The molecule has 0 aliphatic heterocycles. The van der Waals surface area contributed by atoms with Crippen molar-refractivity contribution in [2.24, 2.45) is 5.92 Å². The standard InChI is InChI=1S/C20H23FN2O7S2/c1-13(2)19(23-32(28,29)17-7-5-4-6-16(17)21)20(25)30-12-18(24)22-14-8-10-15(11-9-14)31(3,26)27/h4-11,13,19,23H,12H2,1-3H3,(H,22,24)/t19-/m0/s1. The molecular formula is C20H23FN2O7S2. The Bertz CT molecular complexity index is 1190. The molecule has 0 spiro atoms. The fraction of sp³-hybridized carbons (Fsp3) is 0.300. The van der Waals surface area contributed by atoms with Gasteiger partial charge in [0, 0.05) is 11.9 Å². The van der Waals surface area contributed by atoms with E-state index in [1.807, 2.05) is 0 Å². The Hall–Kier alpha value is -2.83. The third kappa shape index (κ3) is 6.84. The number of hydrogen-bond acceptors (Lipinski definition) is 7. The van der Waals surface area contributed by atoms with Crippen LogP contribution in [-0.2, 0) is 34.2 Å². The second-order valence-electron chi connectivity index (χ2n) is 7.23. The first-order valence-electron chi connectivity index (χ1n) is 9.34. The van der Waals surface area contributed by atoms with Crippen molar-refractivity contribution >= 4 is 37.4 Å². The first kappa shape index (κ1) is 25.4. The van der Waals surface area contributed by atoms with Gasteiger partial charge in [0.2, 0.25) is 10.0 Å². The number of sulfonamides is 1. The third-order valence-corrected chi connectivity index (χ3v) is 6.84. The lowest BCUT2D eigenvalue weighted by molar-refractivity contribution is -0.150. The number of ether oxygens (including phenoxy) is 1. The molecule has 0 unspecified atom stereocenters. The molecule has 0 fully saturated rings. The maximum Gasteiger partial charge on any atom is 0.324 e. The maximum absolute atomic E-state index is 13.9. The number of halogens is 1. The number of carbonyl (C=O) groups is 2. The van der Waals surface area contributed by atoms with Crippen LogP contribution in [-0.4, -0.2) is 47.6 Å². The topological polar surface area (TPSA) is 136 Å². The summed E-state index contributed by atoms with van der Waals surface area (Å²) in [4.78, 5) is 23.9. The molecule has 0 aliphatic rings. The highest BCUT2D eigenvalue weighted by Gasteiger charge is 2.31. The number of hydrogen-bond donors (Lipinski definition) is 2. The summed E-state index contributed by atoms with van der Waals surface area (Å²) in [6.45, 7) is 2.40. The monoisotopic (exact) mass is 486 g/mol. The molecule has 9 nitrogen and oxygen atoms in total. The normalized spacial score (nSPS) is 12.9. The van der Waals surface area contributed by atoms with E-state index in [4.69, 9.17) is 4.74 Å². The summed E-state index contributed by atoms with van der Waals surface area (Å²) in [5.41, 5.74) is 0.277. The molecule has 0 bridgehead atoms. The summed E-state index contributed by atoms with van der Waals surface area (Å²) < 4.78 is 68.8. The predicted octanol–water partition coefficient (Wildman–Crippen LogP) is 1.71. The minimum atomic E-state index is -4.36. The van der Waals surface area contributed by atoms with Gasteiger partial charge in [-0.15, -0.1) is 0 Å². The van der Waals surface area contributed by atoms with Crippen molar-refractivity contribution in [3.05, 3.63) is 54.3 Å². The van der Waals surface area contributed by atoms with Gasteiger partial charge in [0.25, 0.3) is 5.91 Å². The number of esters is 1. The molecule has 2 aromatic rings. The van der Waals surface area contributed by atoms with Crippen LogP contribution in [0.1, 0.15) is 13.8 Å². The number of sulfone groups is 1. The highest BCUT2D eigenvalue weighted by atomic mass is 32.2. The van der Waals surface area contributed by atoms with Gasteiger partial charge < -0.3 is 10.1 Å². The van der Waals surface area contributed by atoms with Gasteiger partial charge in [0.05, 0.1) is 4.90 Å². The van der Waals surface area contributed by atoms with Gasteiger partial charge in [-0.2, -0.15) is 4.72 Å². The smallest absolute Gasteiger partial charge is 0.324 e. The second kappa shape index (κ2) is 10.2. The van der Waals surface area contributed by atoms with Crippen LogP contribution in [0.4, 0.5) is 10.1 Å². The summed E-state index contributed by atoms with van der Waals surface area (Å²) >= 11 is 0. The molecule has 12 heteroatoms. The zero-order valence-electron chi connectivity index (χ0n) is 17.5. The molecule has 0 aliphatic carbocycles. The molecule has 2 N–H and O–H groups in total. The van der Waals surface area contributed by atoms with Crippen molar-refractivity contribution in [2.45, 2.75) is 29.7 Å². The Balaban J connectivity index is 2.01. The number of amides is 1. The molecule has 0 saturated carbocycles. The van der Waals surface area contributed by atoms with Crippen molar-refractivity contribution in [1.29, 1.82) is 0 Å². The lowest BCUT2D eigenvalue weighted by Crippen LogP contribution is -2.46. The summed E-state index contributed by atoms with van der Waals surface area (Å²) in [5.74, 6) is -3.26. The van der Waals surface area contributed by atoms with Gasteiger partial charge >= 0.3 is 5.97 Å². The number of anilines is 1. The zero-order chi connectivity index (χ0) is 24.1. The Morgan fingerprint density at radius 1 is 1.00 bits per heavy atom. The van der Waals surface area contributed by atoms with Crippen LogP contribution in [0.5, 0.6) is 0 Å². The van der Waals surface area contributed by atoms with Crippen molar-refractivity contribution in [3.63, 3.8) is 0 Å². The predicted molar refractivity (Wildman–Crippen MR) is 114 cm³/mol. The first-order valence-corrected chi connectivity index (χ1v) is 12.7. The van der Waals surface area contributed by atoms with E-state index in [0.717, 1.165) is 18.4 Å². The van der Waals surface area contributed by atoms with Crippen molar-refractivity contribution in [3.8, 4) is 0 Å². The van der Waals surface area contributed by atoms with Crippen molar-refractivity contribution < 1.29 is 35.6 Å². The maximum atomic E-state index is 13.9. The molecule has 1 atom stereocenters. The van der Waals surface area contributed by atoms with Gasteiger partial charge in [0.15, 0.2) is 16.4 Å². The number of carbonyl (C=O) groups excluding carboxylic acids is 2. The van der Waals surface area contributed by atoms with E-state index in [-0.39, 0.29) is 10.6 Å². The van der Waals surface area contributed by atoms with E-state index in [1.165, 1.54) is 36.4 Å². The van der Waals surface area contributed by atoms with E-state index in [0.29, 0.717) is 0 Å². The first-order chi connectivity index (χ1) is 14.8. The fourth-order valence-electron chi connectivity index (χ4n) is 2.56. The minimum Gasteiger partial charge on any atom is -0.454 e. The summed E-state index contributed by atoms with van der Waals surface area (Å²) in [6.07, 6.45) is 1.05. The molecular weight excluding hydrogens is 463 g/mol. The summed E-state index contributed by atoms with van der Waals surface area (Å²) in [6, 6.07) is 8.70. The minimum absolute atomic E-state index is 0.0730. The SMILES string of the molecule is CC(C)[C@H](NS(=O)(=O)c1ccccc1F)C(=O)OCC(=O)Nc1ccc(S(C)(=O)=O)cc1. The largest absolute Gasteiger partial charge is 0.454 e. The van der Waals surface area contributed by atoms with Crippen LogP contribution in [0.2, 0.25) is 0 Å². The van der Waals surface area contributed by atoms with E-state index in [2.05, 4.69) is 10.0 Å². The highest BCUT2D eigenvalue weighted by Crippen LogP contribution is 2.16. The molecule has 1 amide bonds. The van der Waals surface area contributed by atoms with Crippen molar-refractivity contribution in [2.75, 3.05) is 18.2 Å². The average molecular weight is 487 g/mol. The van der Waals surface area contributed by atoms with Crippen LogP contribution in [0, 0.1) is 11.7 Å². The average Bonchev–Trinajstić information content (AvgIpc) is 2.70. The Labute approximate surface area is 185 Å². The zero-order valence-corrected chi connectivity index (χ0v) is 19.2. The molecule has 2 rings (SSSR count). The molecule has 32 heavy (non-hydrogen) atoms. The quantitative estimate of drug-likeness (QED) is 0.515. The van der Waals surface area contributed by atoms with Crippen molar-refractivity contribution in [1.82, 2.24) is 4.72 Å². The number of nitrogens with one attached hydrogen (secondary N) is 2. The van der Waals surface area contributed by atoms with E-state index in [1.54, 1.807) is 13.8 Å². The Kier molecular flexibility index (Phi) is 8.10. The van der Waals surface area contributed by atoms with E-state index >= 15 is 0 Å². The summed E-state index contributed by atoms with van der Waals surface area (Å²) in [7, 11) is -7.75. The summed E-state index contributed by atoms with van der Waals surface area (Å²) in [5, 5.41) is 2.43. The van der Waals surface area contributed by atoms with E-state index < -0.39 is 61.0 Å². The van der Waals surface area contributed by atoms with Crippen LogP contribution < -0.4 is 10.0 Å². The second-order valence-corrected chi connectivity index (χ2v) is 10.9. The van der Waals surface area contributed by atoms with Crippen LogP contribution in [0.15, 0.2) is 58.3 Å². The van der Waals surface area contributed by atoms with Gasteiger partial charge in [-0.3, -0.25) is 9.59 Å². The van der Waals surface area contributed by atoms with Crippen LogP contribution in [0.25, 0.3) is 0 Å². The number of benzene rings is 2. The molecule has 0 heterocycles. The molecule has 0 aromatic heterocycles. The third-order valence-electron chi connectivity index (χ3n) is 4.24. The van der Waals surface area contributed by atoms with Gasteiger partial charge in [-0.1, -0.05) is 26.0 Å². The van der Waals surface area contributed by atoms with E-state index in [9.17, 15) is 30.8 Å². The lowest BCUT2D eigenvalue weighted by Gasteiger charge is -2.21. The van der Waals surface area contributed by atoms with Gasteiger partial charge in [-0.25, -0.2) is 21.2 Å². The molecule has 0 radical (unpaired) electrons. The molecule has 0 saturated heterocycles. The fourth-order valence-corrected chi connectivity index (χ4v) is 4.60. The lowest BCUT2D eigenvalue weighted by atomic mass is 10.1.